The Morgan fingerprint density at radius 1 is 1.28 bits per heavy atom. The Balaban J connectivity index is 2.20. The zero-order valence-corrected chi connectivity index (χ0v) is 11.8. The highest BCUT2D eigenvalue weighted by molar-refractivity contribution is 5.58. The first-order valence-electron chi connectivity index (χ1n) is 6.48. The van der Waals surface area contributed by atoms with E-state index < -0.39 is 0 Å². The van der Waals surface area contributed by atoms with Gasteiger partial charge in [-0.25, -0.2) is 0 Å². The fraction of sp³-hybridized carbons (Fsp3) is 0.600. The molecule has 0 heterocycles. The van der Waals surface area contributed by atoms with E-state index in [1.807, 2.05) is 0 Å². The molecule has 1 aromatic carbocycles. The van der Waals surface area contributed by atoms with E-state index in [-0.39, 0.29) is 5.41 Å². The number of aryl methyl sites for hydroxylation is 2. The molecule has 0 aliphatic heterocycles. The van der Waals surface area contributed by atoms with Gasteiger partial charge in [-0.2, -0.15) is 0 Å². The molecule has 1 fully saturated rings. The Morgan fingerprint density at radius 3 is 2.44 bits per heavy atom. The van der Waals surface area contributed by atoms with E-state index >= 15 is 0 Å². The first-order chi connectivity index (χ1) is 8.51. The maximum absolute atomic E-state index is 9.41. The van der Waals surface area contributed by atoms with Crippen LogP contribution in [-0.2, 0) is 0 Å². The van der Waals surface area contributed by atoms with Gasteiger partial charge in [0.05, 0.1) is 13.7 Å². The zero-order chi connectivity index (χ0) is 13.3. The van der Waals surface area contributed by atoms with Crippen LogP contribution in [-0.4, -0.2) is 32.4 Å². The van der Waals surface area contributed by atoms with Crippen LogP contribution in [0.4, 0.5) is 5.69 Å². The van der Waals surface area contributed by atoms with E-state index in [0.29, 0.717) is 6.61 Å². The molecule has 2 rings (SSSR count). The van der Waals surface area contributed by atoms with Gasteiger partial charge in [-0.05, 0) is 49.9 Å². The number of anilines is 1. The maximum atomic E-state index is 9.41. The lowest BCUT2D eigenvalue weighted by atomic mass is 10.1. The summed E-state index contributed by atoms with van der Waals surface area (Å²) < 4.78 is 5.34. The van der Waals surface area contributed by atoms with Crippen LogP contribution in [0, 0.1) is 19.3 Å². The third-order valence-corrected chi connectivity index (χ3v) is 3.99. The van der Waals surface area contributed by atoms with Crippen LogP contribution < -0.4 is 9.64 Å². The summed E-state index contributed by atoms with van der Waals surface area (Å²) in [5.41, 5.74) is 3.75. The second kappa shape index (κ2) is 4.81. The van der Waals surface area contributed by atoms with E-state index in [0.717, 1.165) is 30.7 Å². The molecule has 3 nitrogen and oxygen atoms in total. The van der Waals surface area contributed by atoms with Gasteiger partial charge in [0.2, 0.25) is 0 Å². The minimum Gasteiger partial charge on any atom is -0.496 e. The number of aliphatic hydroxyl groups is 1. The van der Waals surface area contributed by atoms with Crippen molar-refractivity contribution in [1.82, 2.24) is 0 Å². The number of benzene rings is 1. The van der Waals surface area contributed by atoms with Crippen LogP contribution in [0.1, 0.15) is 24.0 Å². The van der Waals surface area contributed by atoms with Gasteiger partial charge in [0.1, 0.15) is 5.75 Å². The predicted molar refractivity (Wildman–Crippen MR) is 74.5 cm³/mol. The number of hydrogen-bond donors (Lipinski definition) is 1. The summed E-state index contributed by atoms with van der Waals surface area (Å²) in [6.45, 7) is 5.39. The Labute approximate surface area is 109 Å². The summed E-state index contributed by atoms with van der Waals surface area (Å²) in [5, 5.41) is 9.41. The number of ether oxygens (including phenoxy) is 1. The van der Waals surface area contributed by atoms with Crippen LogP contribution >= 0.6 is 0 Å². The Morgan fingerprint density at radius 2 is 1.94 bits per heavy atom. The molecule has 18 heavy (non-hydrogen) atoms. The van der Waals surface area contributed by atoms with E-state index in [4.69, 9.17) is 4.74 Å². The summed E-state index contributed by atoms with van der Waals surface area (Å²) >= 11 is 0. The van der Waals surface area contributed by atoms with Crippen LogP contribution in [0.25, 0.3) is 0 Å². The van der Waals surface area contributed by atoms with Gasteiger partial charge in [0, 0.05) is 24.7 Å². The molecule has 1 N–H and O–H groups in total. The fourth-order valence-electron chi connectivity index (χ4n) is 2.54. The highest BCUT2D eigenvalue weighted by Crippen LogP contribution is 2.46. The van der Waals surface area contributed by atoms with Crippen molar-refractivity contribution in [1.29, 1.82) is 0 Å². The van der Waals surface area contributed by atoms with Crippen molar-refractivity contribution < 1.29 is 9.84 Å². The maximum Gasteiger partial charge on any atom is 0.122 e. The third kappa shape index (κ3) is 2.46. The second-order valence-electron chi connectivity index (χ2n) is 5.62. The zero-order valence-electron chi connectivity index (χ0n) is 11.8. The monoisotopic (exact) mass is 249 g/mol. The van der Waals surface area contributed by atoms with E-state index in [1.165, 1.54) is 11.3 Å². The molecule has 0 saturated heterocycles. The lowest BCUT2D eigenvalue weighted by molar-refractivity contribution is 0.215. The lowest BCUT2D eigenvalue weighted by Crippen LogP contribution is -2.29. The van der Waals surface area contributed by atoms with Gasteiger partial charge < -0.3 is 14.7 Å². The van der Waals surface area contributed by atoms with Gasteiger partial charge in [-0.1, -0.05) is 0 Å². The highest BCUT2D eigenvalue weighted by Gasteiger charge is 2.43. The summed E-state index contributed by atoms with van der Waals surface area (Å²) in [6.07, 6.45) is 2.28. The molecule has 100 valence electrons. The van der Waals surface area contributed by atoms with Crippen LogP contribution in [0.3, 0.4) is 0 Å². The first kappa shape index (κ1) is 13.2. The topological polar surface area (TPSA) is 32.7 Å². The quantitative estimate of drug-likeness (QED) is 0.870. The molecular formula is C15H23NO2. The molecule has 0 spiro atoms. The third-order valence-electron chi connectivity index (χ3n) is 3.99. The molecule has 0 amide bonds. The molecule has 1 aliphatic rings. The van der Waals surface area contributed by atoms with Crippen LogP contribution in [0.5, 0.6) is 5.75 Å². The standard InChI is InChI=1S/C15H23NO2/c1-11-8-14(18-4)12(2)7-13(11)16(3)9-15(10-17)5-6-15/h7-8,17H,5-6,9-10H2,1-4H3. The number of methoxy groups -OCH3 is 1. The highest BCUT2D eigenvalue weighted by atomic mass is 16.5. The molecule has 1 saturated carbocycles. The van der Waals surface area contributed by atoms with E-state index in [1.54, 1.807) is 7.11 Å². The van der Waals surface area contributed by atoms with Crippen molar-refractivity contribution in [3.63, 3.8) is 0 Å². The summed E-state index contributed by atoms with van der Waals surface area (Å²) in [5.74, 6) is 0.938. The number of aliphatic hydroxyl groups excluding tert-OH is 1. The van der Waals surface area contributed by atoms with Crippen molar-refractivity contribution in [2.75, 3.05) is 32.2 Å². The van der Waals surface area contributed by atoms with Gasteiger partial charge in [-0.3, -0.25) is 0 Å². The fourth-order valence-corrected chi connectivity index (χ4v) is 2.54. The molecule has 0 bridgehead atoms. The summed E-state index contributed by atoms with van der Waals surface area (Å²) in [4.78, 5) is 2.25. The second-order valence-corrected chi connectivity index (χ2v) is 5.62. The van der Waals surface area contributed by atoms with Crippen molar-refractivity contribution in [2.24, 2.45) is 5.41 Å². The molecule has 0 radical (unpaired) electrons. The van der Waals surface area contributed by atoms with Crippen LogP contribution in [0.2, 0.25) is 0 Å². The van der Waals surface area contributed by atoms with Crippen molar-refractivity contribution in [2.45, 2.75) is 26.7 Å². The lowest BCUT2D eigenvalue weighted by Gasteiger charge is -2.26. The molecule has 0 unspecified atom stereocenters. The largest absolute Gasteiger partial charge is 0.496 e. The molecular weight excluding hydrogens is 226 g/mol. The Bertz CT molecular complexity index is 438. The van der Waals surface area contributed by atoms with Gasteiger partial charge in [0.15, 0.2) is 0 Å². The Hall–Kier alpha value is -1.22. The molecule has 3 heteroatoms. The number of rotatable bonds is 5. The van der Waals surface area contributed by atoms with Crippen molar-refractivity contribution >= 4 is 5.69 Å². The SMILES string of the molecule is COc1cc(C)c(N(C)CC2(CO)CC2)cc1C. The molecule has 0 atom stereocenters. The average Bonchev–Trinajstić information content (AvgIpc) is 3.11. The normalized spacial score (nSPS) is 16.5. The van der Waals surface area contributed by atoms with E-state index in [2.05, 4.69) is 37.9 Å². The van der Waals surface area contributed by atoms with Crippen LogP contribution in [0.15, 0.2) is 12.1 Å². The summed E-state index contributed by atoms with van der Waals surface area (Å²) in [6, 6.07) is 4.25. The van der Waals surface area contributed by atoms with Gasteiger partial charge >= 0.3 is 0 Å². The minimum atomic E-state index is 0.148. The molecule has 1 aliphatic carbocycles. The average molecular weight is 249 g/mol. The minimum absolute atomic E-state index is 0.148. The molecule has 1 aromatic rings. The van der Waals surface area contributed by atoms with Gasteiger partial charge in [0.25, 0.3) is 0 Å². The molecule has 0 aromatic heterocycles. The van der Waals surface area contributed by atoms with Gasteiger partial charge in [-0.15, -0.1) is 0 Å². The smallest absolute Gasteiger partial charge is 0.122 e. The Kier molecular flexibility index (Phi) is 3.53. The first-order valence-corrected chi connectivity index (χ1v) is 6.48. The summed E-state index contributed by atoms with van der Waals surface area (Å²) in [7, 11) is 3.81. The van der Waals surface area contributed by atoms with Crippen molar-refractivity contribution in [3.05, 3.63) is 23.3 Å². The van der Waals surface area contributed by atoms with E-state index in [9.17, 15) is 5.11 Å². The number of hydrogen-bond acceptors (Lipinski definition) is 3. The predicted octanol–water partition coefficient (Wildman–Crippen LogP) is 2.52. The number of nitrogens with zero attached hydrogens (tertiary/aromatic N) is 1. The van der Waals surface area contributed by atoms with Crippen molar-refractivity contribution in [3.8, 4) is 5.75 Å².